The van der Waals surface area contributed by atoms with Gasteiger partial charge in [0.2, 0.25) is 11.5 Å². The molecular weight excluding hydrogens is 492 g/mol. The Morgan fingerprint density at radius 3 is 2.57 bits per heavy atom. The zero-order chi connectivity index (χ0) is 27.4. The number of phenolic OH excluding ortho intramolecular Hbond substituents is 1. The number of fused-ring (bicyclic) bond motifs is 2. The van der Waals surface area contributed by atoms with Crippen molar-refractivity contribution < 1.29 is 27.8 Å². The molecule has 1 aromatic heterocycles. The number of aromatic nitrogens is 2. The van der Waals surface area contributed by atoms with Gasteiger partial charge in [-0.3, -0.25) is 14.6 Å². The molecule has 0 aliphatic carbocycles. The van der Waals surface area contributed by atoms with Crippen LogP contribution in [-0.2, 0) is 34.5 Å². The first-order valence-corrected chi connectivity index (χ1v) is 11.7. The average molecular weight is 520 g/mol. The fourth-order valence-electron chi connectivity index (χ4n) is 4.48. The maximum absolute atomic E-state index is 13.3. The maximum Gasteiger partial charge on any atom is 0.416 e. The van der Waals surface area contributed by atoms with Crippen molar-refractivity contribution in [1.29, 1.82) is 0 Å². The molecule has 198 valence electrons. The van der Waals surface area contributed by atoms with Gasteiger partial charge in [0.15, 0.2) is 0 Å². The van der Waals surface area contributed by atoms with Crippen LogP contribution in [0.3, 0.4) is 0 Å². The van der Waals surface area contributed by atoms with E-state index in [-0.39, 0.29) is 24.4 Å². The Bertz CT molecular complexity index is 1300. The van der Waals surface area contributed by atoms with Crippen LogP contribution in [0.2, 0.25) is 0 Å². The summed E-state index contributed by atoms with van der Waals surface area (Å²) in [5.74, 6) is -1.44. The minimum Gasteiger partial charge on any atom is -0.506 e. The number of nitrogens with one attached hydrogen (secondary N) is 2. The molecule has 1 fully saturated rings. The van der Waals surface area contributed by atoms with E-state index in [0.29, 0.717) is 43.3 Å². The molecule has 1 aromatic carbocycles. The molecule has 37 heavy (non-hydrogen) atoms. The van der Waals surface area contributed by atoms with Crippen molar-refractivity contribution in [2.45, 2.75) is 51.6 Å². The van der Waals surface area contributed by atoms with Gasteiger partial charge in [0.25, 0.3) is 5.56 Å². The van der Waals surface area contributed by atoms with Crippen LogP contribution < -0.4 is 21.8 Å². The Balaban J connectivity index is 0.00000186. The SMILES string of the molecule is CC.[B]C/N=c1/n(CC(=O)Nc2ccc(C(F)(F)F)cc2O)c2c(c(=O)n1N=C)C1(CCNCC1)OC2. The quantitative estimate of drug-likeness (QED) is 0.315. The Kier molecular flexibility index (Phi) is 8.64. The van der Waals surface area contributed by atoms with Gasteiger partial charge in [-0.2, -0.15) is 22.9 Å². The van der Waals surface area contributed by atoms with Crippen molar-refractivity contribution >= 4 is 26.2 Å². The molecule has 1 spiro atoms. The van der Waals surface area contributed by atoms with Gasteiger partial charge in [0.1, 0.15) is 17.9 Å². The number of anilines is 1. The second kappa shape index (κ2) is 11.3. The molecular formula is C23H28BF3N6O4. The monoisotopic (exact) mass is 520 g/mol. The number of nitrogens with zero attached hydrogens (tertiary/aromatic N) is 4. The van der Waals surface area contributed by atoms with Crippen LogP contribution >= 0.6 is 0 Å². The topological polar surface area (TPSA) is 122 Å². The van der Waals surface area contributed by atoms with Crippen LogP contribution in [0.4, 0.5) is 18.9 Å². The lowest BCUT2D eigenvalue weighted by molar-refractivity contribution is -0.137. The van der Waals surface area contributed by atoms with Gasteiger partial charge >= 0.3 is 6.18 Å². The van der Waals surface area contributed by atoms with Gasteiger partial charge in [-0.25, -0.2) is 0 Å². The average Bonchev–Trinajstić information content (AvgIpc) is 3.22. The maximum atomic E-state index is 13.3. The van der Waals surface area contributed by atoms with Crippen LogP contribution in [0.5, 0.6) is 5.75 Å². The van der Waals surface area contributed by atoms with Gasteiger partial charge in [-0.15, -0.1) is 0 Å². The van der Waals surface area contributed by atoms with E-state index < -0.39 is 41.1 Å². The van der Waals surface area contributed by atoms with E-state index in [1.165, 1.54) is 4.57 Å². The van der Waals surface area contributed by atoms with E-state index in [1.807, 2.05) is 13.8 Å². The summed E-state index contributed by atoms with van der Waals surface area (Å²) in [4.78, 5) is 30.4. The highest BCUT2D eigenvalue weighted by molar-refractivity contribution is 6.08. The van der Waals surface area contributed by atoms with E-state index in [4.69, 9.17) is 12.6 Å². The van der Waals surface area contributed by atoms with Crippen molar-refractivity contribution in [3.63, 3.8) is 0 Å². The summed E-state index contributed by atoms with van der Waals surface area (Å²) < 4.78 is 47.1. The molecule has 4 rings (SSSR count). The molecule has 3 N–H and O–H groups in total. The van der Waals surface area contributed by atoms with Crippen molar-refractivity contribution in [3.05, 3.63) is 51.0 Å². The molecule has 10 nitrogen and oxygen atoms in total. The zero-order valence-electron chi connectivity index (χ0n) is 20.6. The third kappa shape index (κ3) is 5.49. The first kappa shape index (κ1) is 28.2. The molecule has 0 unspecified atom stereocenters. The third-order valence-electron chi connectivity index (χ3n) is 6.08. The summed E-state index contributed by atoms with van der Waals surface area (Å²) >= 11 is 0. The molecule has 2 aliphatic heterocycles. The number of benzene rings is 1. The minimum atomic E-state index is -4.65. The lowest BCUT2D eigenvalue weighted by Gasteiger charge is -2.33. The summed E-state index contributed by atoms with van der Waals surface area (Å²) in [6.45, 7) is 8.33. The minimum absolute atomic E-state index is 0.0346. The van der Waals surface area contributed by atoms with Gasteiger partial charge in [-0.1, -0.05) is 13.8 Å². The molecule has 1 saturated heterocycles. The van der Waals surface area contributed by atoms with Crippen LogP contribution in [0, 0.1) is 0 Å². The van der Waals surface area contributed by atoms with Crippen LogP contribution in [-0.4, -0.2) is 54.4 Å². The number of halogens is 3. The summed E-state index contributed by atoms with van der Waals surface area (Å²) in [6.07, 6.45) is -3.80. The molecule has 2 aromatic rings. The van der Waals surface area contributed by atoms with Crippen LogP contribution in [0.15, 0.2) is 33.1 Å². The van der Waals surface area contributed by atoms with E-state index in [9.17, 15) is 27.9 Å². The van der Waals surface area contributed by atoms with Crippen molar-refractivity contribution in [2.24, 2.45) is 10.1 Å². The number of hydrogen-bond acceptors (Lipinski definition) is 7. The predicted molar refractivity (Wildman–Crippen MR) is 131 cm³/mol. The molecule has 1 amide bonds. The summed E-state index contributed by atoms with van der Waals surface area (Å²) in [7, 11) is 5.59. The first-order valence-electron chi connectivity index (χ1n) is 11.7. The highest BCUT2D eigenvalue weighted by Crippen LogP contribution is 2.40. The number of hydrogen-bond donors (Lipinski definition) is 3. The van der Waals surface area contributed by atoms with Gasteiger partial charge in [0, 0.05) is 13.2 Å². The molecule has 0 atom stereocenters. The Morgan fingerprint density at radius 2 is 2.00 bits per heavy atom. The standard InChI is InChI=1S/C21H22BF3N6O4.C2H6/c1-26-31-18(34)17-14(10-35-20(17)4-6-27-7-5-20)30(19(31)28-11-22)9-16(33)29-13-3-2-12(8-15(13)32)21(23,24)25;1-2/h2-3,8,27,32H,1,4-7,9-11H2,(H,29,33);1-2H3/b28-19-;. The van der Waals surface area contributed by atoms with Crippen LogP contribution in [0.25, 0.3) is 0 Å². The van der Waals surface area contributed by atoms with Gasteiger partial charge in [-0.05, 0) is 44.1 Å². The van der Waals surface area contributed by atoms with Crippen molar-refractivity contribution in [1.82, 2.24) is 14.6 Å². The molecule has 2 aliphatic rings. The smallest absolute Gasteiger partial charge is 0.416 e. The highest BCUT2D eigenvalue weighted by Gasteiger charge is 2.45. The van der Waals surface area contributed by atoms with Gasteiger partial charge < -0.3 is 25.0 Å². The Morgan fingerprint density at radius 1 is 1.32 bits per heavy atom. The number of carbonyl (C=O) groups excluding carboxylic acids is 1. The lowest BCUT2D eigenvalue weighted by Crippen LogP contribution is -2.48. The largest absolute Gasteiger partial charge is 0.506 e. The number of amides is 1. The number of alkyl halides is 3. The molecule has 0 saturated carbocycles. The summed E-state index contributed by atoms with van der Waals surface area (Å²) in [5.41, 5.74) is -1.85. The Labute approximate surface area is 212 Å². The molecule has 3 heterocycles. The first-order chi connectivity index (χ1) is 17.6. The molecule has 2 radical (unpaired) electrons. The second-order valence-corrected chi connectivity index (χ2v) is 8.12. The molecule has 14 heteroatoms. The third-order valence-corrected chi connectivity index (χ3v) is 6.08. The lowest BCUT2D eigenvalue weighted by atomic mass is 9.86. The van der Waals surface area contributed by atoms with Crippen molar-refractivity contribution in [3.8, 4) is 5.75 Å². The normalized spacial score (nSPS) is 16.6. The fraction of sp³-hybridized carbons (Fsp3) is 0.478. The number of phenols is 1. The number of rotatable bonds is 5. The van der Waals surface area contributed by atoms with E-state index in [0.717, 1.165) is 16.8 Å². The van der Waals surface area contributed by atoms with Crippen LogP contribution in [0.1, 0.15) is 43.5 Å². The Hall–Kier alpha value is -3.39. The number of carbonyl (C=O) groups is 1. The number of piperidine rings is 1. The fourth-order valence-corrected chi connectivity index (χ4v) is 4.48. The zero-order valence-corrected chi connectivity index (χ0v) is 20.6. The number of aromatic hydroxyl groups is 1. The summed E-state index contributed by atoms with van der Waals surface area (Å²) in [5, 5.41) is 19.4. The van der Waals surface area contributed by atoms with E-state index in [1.54, 1.807) is 0 Å². The number of ether oxygens (including phenoxy) is 1. The van der Waals surface area contributed by atoms with Crippen molar-refractivity contribution in [2.75, 3.05) is 24.9 Å². The van der Waals surface area contributed by atoms with Gasteiger partial charge in [0.05, 0.1) is 37.0 Å². The second-order valence-electron chi connectivity index (χ2n) is 8.12. The predicted octanol–water partition coefficient (Wildman–Crippen LogP) is 1.64. The van der Waals surface area contributed by atoms with E-state index in [2.05, 4.69) is 27.4 Å². The highest BCUT2D eigenvalue weighted by atomic mass is 19.4. The summed E-state index contributed by atoms with van der Waals surface area (Å²) in [6, 6.07) is 2.22. The molecule has 0 bridgehead atoms. The van der Waals surface area contributed by atoms with E-state index >= 15 is 0 Å².